The fourth-order valence-corrected chi connectivity index (χ4v) is 4.96. The molecule has 1 N–H and O–H groups in total. The zero-order chi connectivity index (χ0) is 20.6. The van der Waals surface area contributed by atoms with Crippen molar-refractivity contribution in [1.29, 1.82) is 0 Å². The molecule has 1 atom stereocenters. The Bertz CT molecular complexity index is 1100. The molecular weight excluding hydrogens is 396 g/mol. The topological polar surface area (TPSA) is 71.4 Å². The Morgan fingerprint density at radius 3 is 2.80 bits per heavy atom. The van der Waals surface area contributed by atoms with Crippen molar-refractivity contribution in [2.24, 2.45) is 0 Å². The molecule has 2 aromatic heterocycles. The van der Waals surface area contributed by atoms with Gasteiger partial charge in [0.15, 0.2) is 5.60 Å². The maximum Gasteiger partial charge on any atom is 0.174 e. The fraction of sp³-hybridized carbons (Fsp3) is 0.348. The van der Waals surface area contributed by atoms with Crippen LogP contribution in [0.4, 0.5) is 11.5 Å². The molecule has 1 saturated heterocycles. The summed E-state index contributed by atoms with van der Waals surface area (Å²) in [6.07, 6.45) is 7.01. The van der Waals surface area contributed by atoms with Crippen molar-refractivity contribution in [3.63, 3.8) is 0 Å². The number of ether oxygens (including phenoxy) is 1. The van der Waals surface area contributed by atoms with Gasteiger partial charge in [-0.15, -0.1) is 11.3 Å². The lowest BCUT2D eigenvalue weighted by atomic mass is 9.76. The van der Waals surface area contributed by atoms with Crippen LogP contribution in [0.15, 0.2) is 48.4 Å². The van der Waals surface area contributed by atoms with Crippen LogP contribution in [0.25, 0.3) is 0 Å². The predicted molar refractivity (Wildman–Crippen MR) is 116 cm³/mol. The van der Waals surface area contributed by atoms with Gasteiger partial charge in [-0.2, -0.15) is 0 Å². The van der Waals surface area contributed by atoms with Crippen LogP contribution in [0.3, 0.4) is 0 Å². The van der Waals surface area contributed by atoms with E-state index in [4.69, 9.17) is 4.74 Å². The van der Waals surface area contributed by atoms with Gasteiger partial charge in [0.05, 0.1) is 0 Å². The SMILES string of the molecule is C[C@@](O)(C#Cc1ccc2c(c1)N(c1ccncn1)CC21CCOCC1)c1nccs1. The summed E-state index contributed by atoms with van der Waals surface area (Å²) in [6.45, 7) is 4.09. The van der Waals surface area contributed by atoms with Crippen molar-refractivity contribution in [2.75, 3.05) is 24.7 Å². The van der Waals surface area contributed by atoms with Crippen LogP contribution < -0.4 is 4.90 Å². The van der Waals surface area contributed by atoms with Gasteiger partial charge in [0.1, 0.15) is 17.2 Å². The first-order valence-corrected chi connectivity index (χ1v) is 10.9. The number of fused-ring (bicyclic) bond motifs is 2. The van der Waals surface area contributed by atoms with Gasteiger partial charge in [-0.05, 0) is 43.5 Å². The highest BCUT2D eigenvalue weighted by molar-refractivity contribution is 7.09. The minimum absolute atomic E-state index is 0.0663. The van der Waals surface area contributed by atoms with Crippen LogP contribution in [0.5, 0.6) is 0 Å². The quantitative estimate of drug-likeness (QED) is 0.644. The van der Waals surface area contributed by atoms with Gasteiger partial charge in [0.2, 0.25) is 0 Å². The van der Waals surface area contributed by atoms with E-state index in [1.807, 2.05) is 17.5 Å². The molecule has 1 spiro atoms. The molecule has 0 bridgehead atoms. The number of aromatic nitrogens is 3. The highest BCUT2D eigenvalue weighted by atomic mass is 32.1. The van der Waals surface area contributed by atoms with Crippen LogP contribution >= 0.6 is 11.3 Å². The molecular formula is C23H22N4O2S. The number of hydrogen-bond acceptors (Lipinski definition) is 7. The highest BCUT2D eigenvalue weighted by Crippen LogP contribution is 2.49. The van der Waals surface area contributed by atoms with E-state index in [-0.39, 0.29) is 5.41 Å². The zero-order valence-corrected chi connectivity index (χ0v) is 17.5. The van der Waals surface area contributed by atoms with E-state index >= 15 is 0 Å². The number of nitrogens with zero attached hydrogens (tertiary/aromatic N) is 4. The van der Waals surface area contributed by atoms with E-state index in [0.29, 0.717) is 5.01 Å². The Kier molecular flexibility index (Phi) is 4.78. The second-order valence-corrected chi connectivity index (χ2v) is 8.83. The Morgan fingerprint density at radius 2 is 2.07 bits per heavy atom. The van der Waals surface area contributed by atoms with Crippen molar-refractivity contribution in [3.8, 4) is 11.8 Å². The first-order chi connectivity index (χ1) is 14.6. The molecule has 6 nitrogen and oxygen atoms in total. The van der Waals surface area contributed by atoms with E-state index < -0.39 is 5.60 Å². The standard InChI is InChI=1S/C23H22N4O2S/c1-22(28,21-25-10-13-30-21)6-4-17-2-3-18-19(14-17)27(20-5-9-24-16-26-20)15-23(18)7-11-29-12-8-23/h2-3,5,9-10,13-14,16,28H,7-8,11-12,15H2,1H3/t22-/m1/s1. The second-order valence-electron chi connectivity index (χ2n) is 7.94. The average molecular weight is 419 g/mol. The van der Waals surface area contributed by atoms with E-state index in [1.54, 1.807) is 25.6 Å². The molecule has 30 heavy (non-hydrogen) atoms. The van der Waals surface area contributed by atoms with Crippen molar-refractivity contribution >= 4 is 22.8 Å². The van der Waals surface area contributed by atoms with Crippen LogP contribution in [0.2, 0.25) is 0 Å². The van der Waals surface area contributed by atoms with E-state index in [1.165, 1.54) is 16.9 Å². The lowest BCUT2D eigenvalue weighted by Crippen LogP contribution is -2.37. The summed E-state index contributed by atoms with van der Waals surface area (Å²) in [5.41, 5.74) is 2.09. The van der Waals surface area contributed by atoms with Crippen molar-refractivity contribution in [2.45, 2.75) is 30.8 Å². The minimum Gasteiger partial charge on any atom is -0.381 e. The largest absolute Gasteiger partial charge is 0.381 e. The van der Waals surface area contributed by atoms with Gasteiger partial charge >= 0.3 is 0 Å². The first kappa shape index (κ1) is 19.2. The molecule has 2 aliphatic rings. The smallest absolute Gasteiger partial charge is 0.174 e. The summed E-state index contributed by atoms with van der Waals surface area (Å²) in [5, 5.41) is 13.1. The van der Waals surface area contributed by atoms with Crippen molar-refractivity contribution in [1.82, 2.24) is 15.0 Å². The third-order valence-corrected chi connectivity index (χ3v) is 6.90. The lowest BCUT2D eigenvalue weighted by molar-refractivity contribution is 0.0558. The van der Waals surface area contributed by atoms with Gasteiger partial charge < -0.3 is 14.7 Å². The summed E-state index contributed by atoms with van der Waals surface area (Å²) in [4.78, 5) is 15.0. The zero-order valence-electron chi connectivity index (χ0n) is 16.7. The third-order valence-electron chi connectivity index (χ3n) is 5.91. The molecule has 0 radical (unpaired) electrons. The summed E-state index contributed by atoms with van der Waals surface area (Å²) in [5.74, 6) is 7.02. The molecule has 7 heteroatoms. The summed E-state index contributed by atoms with van der Waals surface area (Å²) in [7, 11) is 0. The van der Waals surface area contributed by atoms with E-state index in [2.05, 4.69) is 43.8 Å². The van der Waals surface area contributed by atoms with Crippen LogP contribution in [0, 0.1) is 11.8 Å². The van der Waals surface area contributed by atoms with Crippen molar-refractivity contribution < 1.29 is 9.84 Å². The van der Waals surface area contributed by atoms with Gasteiger partial charge in [0, 0.05) is 54.2 Å². The molecule has 0 unspecified atom stereocenters. The van der Waals surface area contributed by atoms with Crippen LogP contribution in [-0.4, -0.2) is 39.8 Å². The van der Waals surface area contributed by atoms with E-state index in [0.717, 1.165) is 49.7 Å². The third kappa shape index (κ3) is 3.37. The summed E-state index contributed by atoms with van der Waals surface area (Å²) in [6, 6.07) is 8.27. The number of thiazole rings is 1. The molecule has 1 aromatic carbocycles. The maximum atomic E-state index is 10.7. The monoisotopic (exact) mass is 418 g/mol. The molecule has 0 saturated carbocycles. The minimum atomic E-state index is -1.28. The predicted octanol–water partition coefficient (Wildman–Crippen LogP) is 3.39. The molecule has 152 valence electrons. The molecule has 3 aromatic rings. The number of aliphatic hydroxyl groups is 1. The number of rotatable bonds is 2. The van der Waals surface area contributed by atoms with E-state index in [9.17, 15) is 5.11 Å². The number of benzene rings is 1. The van der Waals surface area contributed by atoms with Crippen LogP contribution in [-0.2, 0) is 15.8 Å². The second kappa shape index (κ2) is 7.47. The molecule has 5 rings (SSSR count). The van der Waals surface area contributed by atoms with Gasteiger partial charge in [0.25, 0.3) is 0 Å². The number of hydrogen-bond donors (Lipinski definition) is 1. The summed E-state index contributed by atoms with van der Waals surface area (Å²) >= 11 is 1.40. The normalized spacial score (nSPS) is 19.1. The average Bonchev–Trinajstić information content (AvgIpc) is 3.42. The molecule has 0 aliphatic carbocycles. The molecule has 0 amide bonds. The Morgan fingerprint density at radius 1 is 1.20 bits per heavy atom. The Balaban J connectivity index is 1.55. The first-order valence-electron chi connectivity index (χ1n) is 9.99. The van der Waals surface area contributed by atoms with Crippen LogP contribution in [0.1, 0.15) is 35.9 Å². The Labute approximate surface area is 179 Å². The van der Waals surface area contributed by atoms with Gasteiger partial charge in [-0.25, -0.2) is 15.0 Å². The molecule has 1 fully saturated rings. The Hall–Kier alpha value is -2.79. The fourth-order valence-electron chi connectivity index (χ4n) is 4.30. The van der Waals surface area contributed by atoms with Crippen molar-refractivity contribution in [3.05, 3.63) is 64.5 Å². The molecule has 4 heterocycles. The van der Waals surface area contributed by atoms with Gasteiger partial charge in [-0.1, -0.05) is 17.9 Å². The molecule has 2 aliphatic heterocycles. The maximum absolute atomic E-state index is 10.7. The number of anilines is 2. The lowest BCUT2D eigenvalue weighted by Gasteiger charge is -2.34. The summed E-state index contributed by atoms with van der Waals surface area (Å²) < 4.78 is 5.65. The van der Waals surface area contributed by atoms with Gasteiger partial charge in [-0.3, -0.25) is 0 Å². The highest BCUT2D eigenvalue weighted by Gasteiger charge is 2.44.